The molecule has 0 radical (unpaired) electrons. The molecule has 8 N–H and O–H groups in total. The summed E-state index contributed by atoms with van der Waals surface area (Å²) in [4.78, 5) is 0. The summed E-state index contributed by atoms with van der Waals surface area (Å²) >= 11 is 6.61. The zero-order valence-corrected chi connectivity index (χ0v) is 21.4. The smallest absolute Gasteiger partial charge is 0.147 e. The summed E-state index contributed by atoms with van der Waals surface area (Å²) in [5.74, 6) is 12.0. The van der Waals surface area contributed by atoms with Crippen LogP contribution in [0.4, 0.5) is 0 Å². The molecule has 37 heavy (non-hydrogen) atoms. The molecule has 0 aromatic rings. The lowest BCUT2D eigenvalue weighted by molar-refractivity contribution is -0.214. The fourth-order valence-corrected chi connectivity index (χ4v) is 5.31. The van der Waals surface area contributed by atoms with E-state index in [1.165, 1.54) is 0 Å². The highest BCUT2D eigenvalue weighted by molar-refractivity contribution is 6.20. The molecule has 3 unspecified atom stereocenters. The van der Waals surface area contributed by atoms with E-state index in [0.717, 1.165) is 25.7 Å². The van der Waals surface area contributed by atoms with Crippen molar-refractivity contribution in [3.63, 3.8) is 0 Å². The molecule has 10 nitrogen and oxygen atoms in total. The second-order valence-electron chi connectivity index (χ2n) is 10.2. The number of alkyl halides is 1. The van der Waals surface area contributed by atoms with Gasteiger partial charge in [-0.3, -0.25) is 0 Å². The largest absolute Gasteiger partial charge is 0.394 e. The summed E-state index contributed by atoms with van der Waals surface area (Å²) in [5, 5.41) is 78.7. The van der Waals surface area contributed by atoms with E-state index >= 15 is 0 Å². The van der Waals surface area contributed by atoms with Gasteiger partial charge in [0.05, 0.1) is 13.2 Å². The van der Waals surface area contributed by atoms with Crippen molar-refractivity contribution in [2.45, 2.75) is 111 Å². The van der Waals surface area contributed by atoms with Crippen molar-refractivity contribution in [3.8, 4) is 23.7 Å². The van der Waals surface area contributed by atoms with Crippen LogP contribution >= 0.6 is 11.6 Å². The normalized spacial score (nSPS) is 45.6. The number of rotatable bonds is 2. The van der Waals surface area contributed by atoms with Gasteiger partial charge in [0.15, 0.2) is 0 Å². The maximum absolute atomic E-state index is 10.2. The molecular weight excluding hydrogens is 508 g/mol. The number of hydrogen-bond acceptors (Lipinski definition) is 10. The molecule has 2 saturated heterocycles. The third-order valence-corrected chi connectivity index (χ3v) is 7.76. The predicted octanol–water partition coefficient (Wildman–Crippen LogP) is -1.74. The Kier molecular flexibility index (Phi) is 11.9. The van der Waals surface area contributed by atoms with Crippen molar-refractivity contribution in [3.05, 3.63) is 0 Å². The van der Waals surface area contributed by atoms with Crippen molar-refractivity contribution in [2.75, 3.05) is 13.2 Å². The summed E-state index contributed by atoms with van der Waals surface area (Å²) in [7, 11) is 0. The highest BCUT2D eigenvalue weighted by Crippen LogP contribution is 2.28. The van der Waals surface area contributed by atoms with E-state index in [2.05, 4.69) is 23.7 Å². The van der Waals surface area contributed by atoms with Crippen LogP contribution in [-0.2, 0) is 9.47 Å². The maximum atomic E-state index is 10.2. The second kappa shape index (κ2) is 14.4. The minimum Gasteiger partial charge on any atom is -0.394 e. The van der Waals surface area contributed by atoms with Crippen LogP contribution in [0.25, 0.3) is 0 Å². The predicted molar refractivity (Wildman–Crippen MR) is 132 cm³/mol. The zero-order chi connectivity index (χ0) is 27.1. The topological polar surface area (TPSA) is 180 Å². The zero-order valence-electron chi connectivity index (χ0n) is 20.6. The highest BCUT2D eigenvalue weighted by atomic mass is 35.5. The Morgan fingerprint density at radius 1 is 0.568 bits per heavy atom. The van der Waals surface area contributed by atoms with E-state index in [-0.39, 0.29) is 17.2 Å². The van der Waals surface area contributed by atoms with Gasteiger partial charge in [0.1, 0.15) is 61.0 Å². The number of aliphatic hydroxyl groups excluding tert-OH is 8. The first-order valence-electron chi connectivity index (χ1n) is 12.9. The summed E-state index contributed by atoms with van der Waals surface area (Å²) in [6.07, 6.45) is -7.27. The molecule has 0 amide bonds. The molecule has 0 aromatic carbocycles. The molecule has 13 atom stereocenters. The lowest BCUT2D eigenvalue weighted by atomic mass is 9.87. The Balaban J connectivity index is 1.58. The molecule has 3 aliphatic rings. The average Bonchev–Trinajstić information content (AvgIpc) is 2.89. The van der Waals surface area contributed by atoms with Crippen LogP contribution in [0.15, 0.2) is 0 Å². The highest BCUT2D eigenvalue weighted by Gasteiger charge is 2.43. The SMILES string of the molecule is OC[C@H]1O[C@H](C#CC2CCCCC(C#C[C@H]3O[C@H](CO)[C@@H](O)[C@H](O)[C@@H]3O)CC(Cl)CC2)[C@@H](O)[C@@H](O)[C@@H]1O. The van der Waals surface area contributed by atoms with Gasteiger partial charge in [-0.1, -0.05) is 36.5 Å². The van der Waals surface area contributed by atoms with Crippen molar-refractivity contribution in [1.82, 2.24) is 0 Å². The summed E-state index contributed by atoms with van der Waals surface area (Å²) < 4.78 is 10.9. The monoisotopic (exact) mass is 546 g/mol. The molecule has 1 aliphatic carbocycles. The van der Waals surface area contributed by atoms with Crippen molar-refractivity contribution < 1.29 is 50.3 Å². The molecule has 2 aliphatic heterocycles. The Labute approximate surface area is 222 Å². The van der Waals surface area contributed by atoms with Crippen LogP contribution in [0.3, 0.4) is 0 Å². The van der Waals surface area contributed by atoms with Crippen LogP contribution in [-0.4, -0.2) is 120 Å². The summed E-state index contributed by atoms with van der Waals surface area (Å²) in [5.41, 5.74) is 0. The van der Waals surface area contributed by atoms with E-state index in [9.17, 15) is 40.9 Å². The number of ether oxygens (including phenoxy) is 2. The fourth-order valence-electron chi connectivity index (χ4n) is 4.97. The number of aliphatic hydroxyl groups is 8. The second-order valence-corrected chi connectivity index (χ2v) is 10.8. The van der Waals surface area contributed by atoms with Crippen LogP contribution < -0.4 is 0 Å². The molecule has 0 spiro atoms. The van der Waals surface area contributed by atoms with Gasteiger partial charge in [0.2, 0.25) is 0 Å². The first-order chi connectivity index (χ1) is 17.7. The Morgan fingerprint density at radius 2 is 1.03 bits per heavy atom. The molecule has 2 heterocycles. The first-order valence-corrected chi connectivity index (χ1v) is 13.4. The van der Waals surface area contributed by atoms with Gasteiger partial charge >= 0.3 is 0 Å². The van der Waals surface area contributed by atoms with Crippen molar-refractivity contribution in [1.29, 1.82) is 0 Å². The van der Waals surface area contributed by atoms with Crippen molar-refractivity contribution in [2.24, 2.45) is 11.8 Å². The molecule has 1 saturated carbocycles. The lowest BCUT2D eigenvalue weighted by Gasteiger charge is -2.38. The van der Waals surface area contributed by atoms with E-state index in [4.69, 9.17) is 21.1 Å². The quantitative estimate of drug-likeness (QED) is 0.146. The number of halogens is 1. The van der Waals surface area contributed by atoms with Gasteiger partial charge in [0, 0.05) is 17.2 Å². The molecule has 0 bridgehead atoms. The molecule has 3 fully saturated rings. The summed E-state index contributed by atoms with van der Waals surface area (Å²) in [6.45, 7) is -1.00. The Morgan fingerprint density at radius 3 is 1.51 bits per heavy atom. The third kappa shape index (κ3) is 8.01. The fraction of sp³-hybridized carbons (Fsp3) is 0.846. The first kappa shape index (κ1) is 30.6. The molecule has 11 heteroatoms. The standard InChI is InChI=1S/C26H39ClO10/c27-16-8-5-14(6-9-17-21(30)25(34)23(32)19(12-28)36-17)3-1-2-4-15(11-16)7-10-18-22(31)26(35)24(33)20(13-29)37-18/h14-26,28-35H,1-5,8,11-13H2/t14?,15?,16?,17-,18-,19-,20-,21-,22-,23-,24-,25-,26-/m1/s1. The average molecular weight is 547 g/mol. The van der Waals surface area contributed by atoms with E-state index in [1.54, 1.807) is 0 Å². The molecule has 210 valence electrons. The molecular formula is C26H39ClO10. The lowest BCUT2D eigenvalue weighted by Crippen LogP contribution is -2.58. The van der Waals surface area contributed by atoms with Crippen LogP contribution in [0.5, 0.6) is 0 Å². The minimum absolute atomic E-state index is 0.00497. The van der Waals surface area contributed by atoms with Gasteiger partial charge < -0.3 is 50.3 Å². The molecule has 3 rings (SSSR count). The van der Waals surface area contributed by atoms with Gasteiger partial charge in [0.25, 0.3) is 0 Å². The Hall–Kier alpha value is -0.990. The van der Waals surface area contributed by atoms with Gasteiger partial charge in [-0.15, -0.1) is 11.6 Å². The summed E-state index contributed by atoms with van der Waals surface area (Å²) in [6, 6.07) is 0. The van der Waals surface area contributed by atoms with Gasteiger partial charge in [-0.25, -0.2) is 0 Å². The van der Waals surface area contributed by atoms with E-state index in [0.29, 0.717) is 19.3 Å². The van der Waals surface area contributed by atoms with Crippen LogP contribution in [0, 0.1) is 35.5 Å². The molecule has 0 aromatic heterocycles. The number of hydrogen-bond donors (Lipinski definition) is 8. The van der Waals surface area contributed by atoms with Crippen LogP contribution in [0.1, 0.15) is 44.9 Å². The van der Waals surface area contributed by atoms with Crippen LogP contribution in [0.2, 0.25) is 0 Å². The Bertz CT molecular complexity index is 833. The van der Waals surface area contributed by atoms with Crippen molar-refractivity contribution >= 4 is 11.6 Å². The third-order valence-electron chi connectivity index (χ3n) is 7.37. The van der Waals surface area contributed by atoms with E-state index < -0.39 is 74.3 Å². The maximum Gasteiger partial charge on any atom is 0.147 e. The van der Waals surface area contributed by atoms with Gasteiger partial charge in [-0.2, -0.15) is 0 Å². The minimum atomic E-state index is -1.46. The van der Waals surface area contributed by atoms with E-state index in [1.807, 2.05) is 0 Å². The van der Waals surface area contributed by atoms with Gasteiger partial charge in [-0.05, 0) is 32.1 Å².